The van der Waals surface area contributed by atoms with Crippen molar-refractivity contribution < 1.29 is 9.37 Å². The van der Waals surface area contributed by atoms with Crippen LogP contribution in [0.5, 0.6) is 5.75 Å². The molecule has 26 heavy (non-hydrogen) atoms. The second kappa shape index (κ2) is 5.77. The van der Waals surface area contributed by atoms with Crippen molar-refractivity contribution in [1.82, 2.24) is 9.61 Å². The zero-order chi connectivity index (χ0) is 17.5. The number of nitrogens with zero attached hydrogens (tertiary/aromatic N) is 3. The first kappa shape index (κ1) is 14.8. The van der Waals surface area contributed by atoms with Gasteiger partial charge in [0.25, 0.3) is 0 Å². The normalized spacial score (nSPS) is 11.3. The van der Waals surface area contributed by atoms with Crippen LogP contribution in [-0.4, -0.2) is 11.6 Å². The number of methoxy groups -OCH3 is 1. The van der Waals surface area contributed by atoms with Gasteiger partial charge in [0.2, 0.25) is 5.69 Å². The fourth-order valence-corrected chi connectivity index (χ4v) is 3.39. The van der Waals surface area contributed by atoms with Crippen LogP contribution in [0.1, 0.15) is 0 Å². The topological polar surface area (TPSA) is 31.8 Å². The van der Waals surface area contributed by atoms with E-state index in [1.54, 1.807) is 7.11 Å². The molecule has 4 nitrogen and oxygen atoms in total. The van der Waals surface area contributed by atoms with Crippen LogP contribution >= 0.6 is 0 Å². The lowest BCUT2D eigenvalue weighted by molar-refractivity contribution is -0.662. The van der Waals surface area contributed by atoms with Gasteiger partial charge in [0.15, 0.2) is 0 Å². The first-order valence-corrected chi connectivity index (χ1v) is 8.54. The van der Waals surface area contributed by atoms with Crippen molar-refractivity contribution in [2.45, 2.75) is 0 Å². The maximum Gasteiger partial charge on any atom is 0.233 e. The zero-order valence-electron chi connectivity index (χ0n) is 14.3. The predicted octanol–water partition coefficient (Wildman–Crippen LogP) is 3.98. The Morgan fingerprint density at radius 3 is 2.31 bits per heavy atom. The molecule has 0 saturated carbocycles. The Morgan fingerprint density at radius 1 is 0.808 bits per heavy atom. The monoisotopic (exact) mass is 339 g/mol. The first-order valence-electron chi connectivity index (χ1n) is 8.54. The minimum atomic E-state index is 0.845. The molecule has 2 aromatic heterocycles. The molecule has 126 valence electrons. The Morgan fingerprint density at radius 2 is 1.54 bits per heavy atom. The van der Waals surface area contributed by atoms with Gasteiger partial charge in [-0.3, -0.25) is 0 Å². The predicted molar refractivity (Wildman–Crippen MR) is 101 cm³/mol. The second-order valence-corrected chi connectivity index (χ2v) is 6.20. The Hall–Kier alpha value is -3.53. The molecule has 0 aliphatic carbocycles. The summed E-state index contributed by atoms with van der Waals surface area (Å²) in [6.45, 7) is 0. The number of benzene rings is 3. The second-order valence-electron chi connectivity index (χ2n) is 6.20. The van der Waals surface area contributed by atoms with Crippen molar-refractivity contribution in [3.63, 3.8) is 0 Å². The third-order valence-corrected chi connectivity index (χ3v) is 4.67. The highest BCUT2D eigenvalue weighted by molar-refractivity contribution is 5.77. The lowest BCUT2D eigenvalue weighted by Gasteiger charge is -2.01. The van der Waals surface area contributed by atoms with Crippen LogP contribution in [0.15, 0.2) is 84.9 Å². The highest BCUT2D eigenvalue weighted by Gasteiger charge is 2.18. The van der Waals surface area contributed by atoms with Gasteiger partial charge in [-0.25, -0.2) is 4.52 Å². The van der Waals surface area contributed by atoms with Gasteiger partial charge in [0.05, 0.1) is 7.11 Å². The van der Waals surface area contributed by atoms with Crippen LogP contribution in [0.3, 0.4) is 0 Å². The Kier molecular flexibility index (Phi) is 3.28. The number of rotatable bonds is 3. The average Bonchev–Trinajstić information content (AvgIpc) is 3.26. The van der Waals surface area contributed by atoms with Crippen molar-refractivity contribution in [3.8, 4) is 28.3 Å². The number of ether oxygens (including phenoxy) is 1. The Bertz CT molecular complexity index is 1200. The standard InChI is InChI=1S/C22H17N3O/c1-26-18-13-11-17(12-14-18)22-15-21(16-7-3-2-4-8-16)24-20-10-6-5-9-19(20)23-25(22)24/h2-15H,1H3. The van der Waals surface area contributed by atoms with Crippen LogP contribution in [0.2, 0.25) is 0 Å². The van der Waals surface area contributed by atoms with E-state index < -0.39 is 0 Å². The fraction of sp³-hybridized carbons (Fsp3) is 0.0455. The number of aromatic nitrogens is 3. The van der Waals surface area contributed by atoms with Crippen molar-refractivity contribution in [3.05, 3.63) is 84.9 Å². The molecule has 0 aliphatic heterocycles. The van der Waals surface area contributed by atoms with Crippen LogP contribution < -0.4 is 14.5 Å². The summed E-state index contributed by atoms with van der Waals surface area (Å²) in [5, 5.41) is 4.83. The van der Waals surface area contributed by atoms with E-state index in [9.17, 15) is 0 Å². The average molecular weight is 339 g/mol. The van der Waals surface area contributed by atoms with E-state index >= 15 is 0 Å². The third-order valence-electron chi connectivity index (χ3n) is 4.67. The minimum Gasteiger partial charge on any atom is -0.497 e. The van der Waals surface area contributed by atoms with Crippen molar-refractivity contribution in [2.75, 3.05) is 7.11 Å². The van der Waals surface area contributed by atoms with Crippen LogP contribution in [0.4, 0.5) is 0 Å². The zero-order valence-corrected chi connectivity index (χ0v) is 14.3. The summed E-state index contributed by atoms with van der Waals surface area (Å²) in [5.41, 5.74) is 6.48. The lowest BCUT2D eigenvalue weighted by Crippen LogP contribution is -2.32. The summed E-state index contributed by atoms with van der Waals surface area (Å²) in [4.78, 5) is 0. The van der Waals surface area contributed by atoms with Gasteiger partial charge in [0, 0.05) is 28.4 Å². The molecular formula is C22H17N3O. The fourth-order valence-electron chi connectivity index (χ4n) is 3.39. The van der Waals surface area contributed by atoms with Gasteiger partial charge in [-0.2, -0.15) is 5.10 Å². The minimum absolute atomic E-state index is 0.845. The van der Waals surface area contributed by atoms with Crippen molar-refractivity contribution >= 4 is 11.0 Å². The molecule has 5 rings (SSSR count). The van der Waals surface area contributed by atoms with Gasteiger partial charge in [-0.15, -0.1) is 4.63 Å². The number of hydrogen-bond acceptors (Lipinski definition) is 1. The molecule has 0 amide bonds. The van der Waals surface area contributed by atoms with E-state index in [1.807, 2.05) is 41.0 Å². The summed E-state index contributed by atoms with van der Waals surface area (Å²) in [6.07, 6.45) is 0. The number of hydrogen-bond donors (Lipinski definition) is 0. The maximum absolute atomic E-state index is 5.29. The van der Waals surface area contributed by atoms with E-state index in [0.717, 1.165) is 39.3 Å². The molecular weight excluding hydrogens is 322 g/mol. The molecule has 3 aromatic carbocycles. The van der Waals surface area contributed by atoms with E-state index in [1.165, 1.54) is 0 Å². The largest absolute Gasteiger partial charge is 0.497 e. The number of para-hydroxylation sites is 1. The molecule has 4 heteroatoms. The Labute approximate surface area is 150 Å². The molecule has 0 saturated heterocycles. The molecule has 0 atom stereocenters. The maximum atomic E-state index is 5.29. The molecule has 0 bridgehead atoms. The van der Waals surface area contributed by atoms with E-state index in [-0.39, 0.29) is 0 Å². The van der Waals surface area contributed by atoms with Gasteiger partial charge in [-0.05, 0) is 29.8 Å². The molecule has 0 unspecified atom stereocenters. The summed E-state index contributed by atoms with van der Waals surface area (Å²) >= 11 is 0. The van der Waals surface area contributed by atoms with Crippen LogP contribution in [-0.2, 0) is 0 Å². The summed E-state index contributed by atoms with van der Waals surface area (Å²) in [6, 6.07) is 28.9. The molecule has 0 spiro atoms. The highest BCUT2D eigenvalue weighted by Crippen LogP contribution is 2.27. The quantitative estimate of drug-likeness (QED) is 0.466. The van der Waals surface area contributed by atoms with Gasteiger partial charge in [-0.1, -0.05) is 54.6 Å². The van der Waals surface area contributed by atoms with Gasteiger partial charge < -0.3 is 4.74 Å². The lowest BCUT2D eigenvalue weighted by atomic mass is 10.1. The number of fused-ring (bicyclic) bond motifs is 3. The highest BCUT2D eigenvalue weighted by atomic mass is 16.5. The van der Waals surface area contributed by atoms with Crippen molar-refractivity contribution in [1.29, 1.82) is 0 Å². The molecule has 5 aromatic rings. The molecule has 2 heterocycles. The summed E-state index contributed by atoms with van der Waals surface area (Å²) in [5.74, 6) is 0.845. The van der Waals surface area contributed by atoms with E-state index in [2.05, 4.69) is 53.0 Å². The first-order chi connectivity index (χ1) is 12.8. The van der Waals surface area contributed by atoms with E-state index in [0.29, 0.717) is 0 Å². The smallest absolute Gasteiger partial charge is 0.233 e. The van der Waals surface area contributed by atoms with Crippen molar-refractivity contribution in [2.24, 2.45) is 0 Å². The summed E-state index contributed by atoms with van der Waals surface area (Å²) < 4.78 is 9.44. The molecule has 0 fully saturated rings. The van der Waals surface area contributed by atoms with Crippen LogP contribution in [0.25, 0.3) is 33.5 Å². The van der Waals surface area contributed by atoms with Crippen LogP contribution in [0, 0.1) is 0 Å². The molecule has 0 aliphatic rings. The molecule has 0 N–H and O–H groups in total. The molecule has 0 radical (unpaired) electrons. The van der Waals surface area contributed by atoms with Gasteiger partial charge in [0.1, 0.15) is 5.75 Å². The third kappa shape index (κ3) is 2.19. The van der Waals surface area contributed by atoms with Gasteiger partial charge >= 0.3 is 0 Å². The Balaban J connectivity index is 1.84. The van der Waals surface area contributed by atoms with E-state index in [4.69, 9.17) is 9.84 Å². The summed E-state index contributed by atoms with van der Waals surface area (Å²) in [7, 11) is 1.68. The SMILES string of the molecule is COc1ccc(-c2cc(-c3ccccc3)n3c4ccccc4[n-][n+]23)cc1.